The number of benzene rings is 1. The number of ether oxygens (including phenoxy) is 2. The summed E-state index contributed by atoms with van der Waals surface area (Å²) in [5, 5.41) is 14.8. The summed E-state index contributed by atoms with van der Waals surface area (Å²) in [4.78, 5) is 0. The minimum Gasteiger partial charge on any atom is -0.497 e. The molecular weight excluding hydrogens is 336 g/mol. The molecule has 5 nitrogen and oxygen atoms in total. The Morgan fingerprint density at radius 3 is 2.24 bits per heavy atom. The minimum atomic E-state index is -0.667. The van der Waals surface area contributed by atoms with E-state index in [1.54, 1.807) is 25.0 Å². The van der Waals surface area contributed by atoms with Gasteiger partial charge in [-0.05, 0) is 40.5 Å². The standard InChI is InChI=1S/C15H19BrN2O3/c1-9-15(16)13(18(2)17-9)8-14(19)10-5-11(20-3)7-12(6-10)21-4/h5-7,14,19H,8H2,1-4H3. The SMILES string of the molecule is COc1cc(OC)cc(C(O)Cc2c(Br)c(C)nn2C)c1. The predicted molar refractivity (Wildman–Crippen MR) is 83.9 cm³/mol. The maximum absolute atomic E-state index is 10.5. The fourth-order valence-electron chi connectivity index (χ4n) is 2.22. The Morgan fingerprint density at radius 2 is 1.81 bits per heavy atom. The molecule has 0 radical (unpaired) electrons. The number of hydrogen-bond acceptors (Lipinski definition) is 4. The smallest absolute Gasteiger partial charge is 0.122 e. The molecule has 6 heteroatoms. The molecule has 0 bridgehead atoms. The van der Waals surface area contributed by atoms with Crippen LogP contribution in [0.25, 0.3) is 0 Å². The summed E-state index contributed by atoms with van der Waals surface area (Å²) in [6.45, 7) is 1.93. The van der Waals surface area contributed by atoms with Crippen LogP contribution in [0.15, 0.2) is 22.7 Å². The second-order valence-electron chi connectivity index (χ2n) is 4.84. The first-order chi connectivity index (χ1) is 9.96. The normalized spacial score (nSPS) is 12.3. The van der Waals surface area contributed by atoms with Gasteiger partial charge in [0.15, 0.2) is 0 Å². The molecule has 21 heavy (non-hydrogen) atoms. The molecule has 0 aliphatic rings. The van der Waals surface area contributed by atoms with Crippen molar-refractivity contribution in [1.29, 1.82) is 0 Å². The lowest BCUT2D eigenvalue weighted by Crippen LogP contribution is -2.07. The van der Waals surface area contributed by atoms with Crippen molar-refractivity contribution in [3.63, 3.8) is 0 Å². The fraction of sp³-hybridized carbons (Fsp3) is 0.400. The summed E-state index contributed by atoms with van der Waals surface area (Å²) >= 11 is 3.51. The summed E-state index contributed by atoms with van der Waals surface area (Å²) in [5.74, 6) is 1.31. The Morgan fingerprint density at radius 1 is 1.24 bits per heavy atom. The molecule has 0 saturated heterocycles. The van der Waals surface area contributed by atoms with Gasteiger partial charge in [0, 0.05) is 19.5 Å². The molecule has 1 aromatic carbocycles. The Bertz CT molecular complexity index is 618. The lowest BCUT2D eigenvalue weighted by molar-refractivity contribution is 0.174. The summed E-state index contributed by atoms with van der Waals surface area (Å²) in [5.41, 5.74) is 2.60. The van der Waals surface area contributed by atoms with E-state index in [1.165, 1.54) is 0 Å². The van der Waals surface area contributed by atoms with Crippen molar-refractivity contribution in [2.24, 2.45) is 7.05 Å². The van der Waals surface area contributed by atoms with Crippen LogP contribution in [0, 0.1) is 6.92 Å². The van der Waals surface area contributed by atoms with Gasteiger partial charge >= 0.3 is 0 Å². The quantitative estimate of drug-likeness (QED) is 0.896. The molecule has 2 rings (SSSR count). The molecule has 2 aromatic rings. The summed E-state index contributed by atoms with van der Waals surface area (Å²) < 4.78 is 13.2. The first-order valence-corrected chi connectivity index (χ1v) is 7.34. The zero-order valence-corrected chi connectivity index (χ0v) is 14.1. The zero-order valence-electron chi connectivity index (χ0n) is 12.6. The third-order valence-electron chi connectivity index (χ3n) is 3.41. The summed E-state index contributed by atoms with van der Waals surface area (Å²) in [6.07, 6.45) is -0.214. The number of aliphatic hydroxyl groups is 1. The van der Waals surface area contributed by atoms with Crippen molar-refractivity contribution in [1.82, 2.24) is 9.78 Å². The molecule has 114 valence electrons. The average molecular weight is 355 g/mol. The van der Waals surface area contributed by atoms with Crippen LogP contribution in [0.5, 0.6) is 11.5 Å². The second kappa shape index (κ2) is 6.49. The highest BCUT2D eigenvalue weighted by Crippen LogP contribution is 2.30. The van der Waals surface area contributed by atoms with Gasteiger partial charge in [0.2, 0.25) is 0 Å². The number of hydrogen-bond donors (Lipinski definition) is 1. The van der Waals surface area contributed by atoms with Crippen LogP contribution in [0.4, 0.5) is 0 Å². The van der Waals surface area contributed by atoms with Crippen LogP contribution in [0.2, 0.25) is 0 Å². The van der Waals surface area contributed by atoms with Crippen LogP contribution in [0.3, 0.4) is 0 Å². The maximum atomic E-state index is 10.5. The van der Waals surface area contributed by atoms with Gasteiger partial charge in [-0.3, -0.25) is 4.68 Å². The van der Waals surface area contributed by atoms with Crippen molar-refractivity contribution >= 4 is 15.9 Å². The second-order valence-corrected chi connectivity index (χ2v) is 5.63. The molecule has 0 aliphatic carbocycles. The first kappa shape index (κ1) is 15.9. The van der Waals surface area contributed by atoms with Crippen molar-refractivity contribution in [3.05, 3.63) is 39.6 Å². The minimum absolute atomic E-state index is 0.453. The van der Waals surface area contributed by atoms with E-state index in [4.69, 9.17) is 9.47 Å². The molecule has 0 spiro atoms. The number of methoxy groups -OCH3 is 2. The summed E-state index contributed by atoms with van der Waals surface area (Å²) in [6, 6.07) is 5.40. The predicted octanol–water partition coefficient (Wildman–Crippen LogP) is 2.78. The average Bonchev–Trinajstić information content (AvgIpc) is 2.72. The Balaban J connectivity index is 2.29. The maximum Gasteiger partial charge on any atom is 0.122 e. The van der Waals surface area contributed by atoms with E-state index in [2.05, 4.69) is 21.0 Å². The molecule has 1 heterocycles. The zero-order chi connectivity index (χ0) is 15.6. The van der Waals surface area contributed by atoms with E-state index >= 15 is 0 Å². The van der Waals surface area contributed by atoms with Gasteiger partial charge in [-0.2, -0.15) is 5.10 Å². The number of halogens is 1. The number of nitrogens with zero attached hydrogens (tertiary/aromatic N) is 2. The molecule has 0 aliphatic heterocycles. The first-order valence-electron chi connectivity index (χ1n) is 6.55. The van der Waals surface area contributed by atoms with Gasteiger partial charge in [0.1, 0.15) is 11.5 Å². The molecule has 1 unspecified atom stereocenters. The lowest BCUT2D eigenvalue weighted by Gasteiger charge is -2.14. The topological polar surface area (TPSA) is 56.5 Å². The van der Waals surface area contributed by atoms with E-state index in [-0.39, 0.29) is 0 Å². The molecule has 0 fully saturated rings. The van der Waals surface area contributed by atoms with Gasteiger partial charge in [-0.1, -0.05) is 0 Å². The van der Waals surface area contributed by atoms with Crippen molar-refractivity contribution in [2.75, 3.05) is 14.2 Å². The molecule has 0 saturated carbocycles. The Labute approximate surface area is 132 Å². The van der Waals surface area contributed by atoms with E-state index in [0.29, 0.717) is 17.9 Å². The van der Waals surface area contributed by atoms with E-state index in [9.17, 15) is 5.11 Å². The number of aromatic nitrogens is 2. The largest absolute Gasteiger partial charge is 0.497 e. The highest BCUT2D eigenvalue weighted by atomic mass is 79.9. The van der Waals surface area contributed by atoms with E-state index in [0.717, 1.165) is 21.4 Å². The molecule has 1 N–H and O–H groups in total. The van der Waals surface area contributed by atoms with Gasteiger partial charge in [-0.25, -0.2) is 0 Å². The molecule has 0 amide bonds. The van der Waals surface area contributed by atoms with Gasteiger partial charge in [0.05, 0.1) is 36.2 Å². The van der Waals surface area contributed by atoms with Gasteiger partial charge in [-0.15, -0.1) is 0 Å². The van der Waals surface area contributed by atoms with E-state index < -0.39 is 6.10 Å². The van der Waals surface area contributed by atoms with Crippen molar-refractivity contribution in [3.8, 4) is 11.5 Å². The molecule has 1 aromatic heterocycles. The van der Waals surface area contributed by atoms with Crippen LogP contribution < -0.4 is 9.47 Å². The highest BCUT2D eigenvalue weighted by molar-refractivity contribution is 9.10. The van der Waals surface area contributed by atoms with Gasteiger partial charge in [0.25, 0.3) is 0 Å². The summed E-state index contributed by atoms with van der Waals surface area (Å²) in [7, 11) is 5.05. The highest BCUT2D eigenvalue weighted by Gasteiger charge is 2.17. The molecular formula is C15H19BrN2O3. The third-order valence-corrected chi connectivity index (χ3v) is 4.44. The number of aliphatic hydroxyl groups excluding tert-OH is 1. The number of aryl methyl sites for hydroxylation is 2. The van der Waals surface area contributed by atoms with Crippen LogP contribution in [-0.2, 0) is 13.5 Å². The van der Waals surface area contributed by atoms with Gasteiger partial charge < -0.3 is 14.6 Å². The fourth-order valence-corrected chi connectivity index (χ4v) is 2.72. The van der Waals surface area contributed by atoms with Crippen LogP contribution in [-0.4, -0.2) is 29.1 Å². The number of rotatable bonds is 5. The Kier molecular flexibility index (Phi) is 4.90. The third kappa shape index (κ3) is 3.39. The van der Waals surface area contributed by atoms with Crippen LogP contribution in [0.1, 0.15) is 23.1 Å². The van der Waals surface area contributed by atoms with E-state index in [1.807, 2.05) is 26.1 Å². The van der Waals surface area contributed by atoms with Crippen molar-refractivity contribution < 1.29 is 14.6 Å². The lowest BCUT2D eigenvalue weighted by atomic mass is 10.0. The van der Waals surface area contributed by atoms with Crippen LogP contribution >= 0.6 is 15.9 Å². The Hall–Kier alpha value is -1.53. The molecule has 1 atom stereocenters. The monoisotopic (exact) mass is 354 g/mol. The van der Waals surface area contributed by atoms with Crippen molar-refractivity contribution in [2.45, 2.75) is 19.4 Å².